The van der Waals surface area contributed by atoms with E-state index in [0.717, 1.165) is 47.3 Å². The van der Waals surface area contributed by atoms with Crippen molar-refractivity contribution >= 4 is 5.97 Å². The lowest BCUT2D eigenvalue weighted by molar-refractivity contribution is -0.137. The summed E-state index contributed by atoms with van der Waals surface area (Å²) in [6.45, 7) is 5.04. The first-order chi connectivity index (χ1) is 19.2. The molecule has 3 aromatic rings. The van der Waals surface area contributed by atoms with E-state index in [-0.39, 0.29) is 23.6 Å². The van der Waals surface area contributed by atoms with Crippen LogP contribution in [0.25, 0.3) is 11.1 Å². The first kappa shape index (κ1) is 28.2. The largest absolute Gasteiger partial charge is 0.497 e. The molecule has 2 atom stereocenters. The molecule has 0 spiro atoms. The smallest absolute Gasteiger partial charge is 0.303 e. The van der Waals surface area contributed by atoms with Gasteiger partial charge in [0.25, 0.3) is 0 Å². The van der Waals surface area contributed by atoms with Crippen molar-refractivity contribution in [3.8, 4) is 22.6 Å². The summed E-state index contributed by atoms with van der Waals surface area (Å²) in [7, 11) is 1.60. The van der Waals surface area contributed by atoms with Crippen molar-refractivity contribution in [2.45, 2.75) is 83.7 Å². The third-order valence-corrected chi connectivity index (χ3v) is 8.93. The van der Waals surface area contributed by atoms with Crippen LogP contribution in [0.2, 0.25) is 0 Å². The fourth-order valence-corrected chi connectivity index (χ4v) is 6.47. The molecule has 0 unspecified atom stereocenters. The van der Waals surface area contributed by atoms with E-state index in [1.807, 2.05) is 36.4 Å². The second-order valence-corrected chi connectivity index (χ2v) is 12.4. The van der Waals surface area contributed by atoms with Crippen LogP contribution < -0.4 is 9.47 Å². The maximum atomic E-state index is 15.1. The second kappa shape index (κ2) is 12.0. The molecule has 212 valence electrons. The minimum atomic E-state index is -0.761. The van der Waals surface area contributed by atoms with Crippen LogP contribution in [0, 0.1) is 17.2 Å². The van der Waals surface area contributed by atoms with Crippen LogP contribution in [-0.2, 0) is 11.4 Å². The van der Waals surface area contributed by atoms with Gasteiger partial charge in [0.05, 0.1) is 13.5 Å². The second-order valence-electron chi connectivity index (χ2n) is 12.4. The molecule has 0 saturated heterocycles. The molecule has 2 fully saturated rings. The Morgan fingerprint density at radius 2 is 1.82 bits per heavy atom. The van der Waals surface area contributed by atoms with Gasteiger partial charge in [0.1, 0.15) is 23.9 Å². The molecule has 0 bridgehead atoms. The lowest BCUT2D eigenvalue weighted by atomic mass is 9.65. The zero-order chi connectivity index (χ0) is 28.3. The van der Waals surface area contributed by atoms with E-state index in [9.17, 15) is 9.90 Å². The Balaban J connectivity index is 1.43. The van der Waals surface area contributed by atoms with Gasteiger partial charge in [0.15, 0.2) is 0 Å². The van der Waals surface area contributed by atoms with E-state index in [0.29, 0.717) is 29.8 Å². The first-order valence-corrected chi connectivity index (χ1v) is 14.6. The summed E-state index contributed by atoms with van der Waals surface area (Å²) in [5.41, 5.74) is 4.82. The molecule has 2 aliphatic rings. The predicted molar refractivity (Wildman–Crippen MR) is 156 cm³/mol. The van der Waals surface area contributed by atoms with Gasteiger partial charge in [0, 0.05) is 5.56 Å². The third kappa shape index (κ3) is 6.68. The topological polar surface area (TPSA) is 55.8 Å². The van der Waals surface area contributed by atoms with Crippen molar-refractivity contribution < 1.29 is 23.8 Å². The van der Waals surface area contributed by atoms with Crippen LogP contribution in [0.3, 0.4) is 0 Å². The maximum Gasteiger partial charge on any atom is 0.303 e. The van der Waals surface area contributed by atoms with Crippen molar-refractivity contribution in [1.29, 1.82) is 0 Å². The molecule has 40 heavy (non-hydrogen) atoms. The number of ether oxygens (including phenoxy) is 2. The molecule has 0 heterocycles. The standard InChI is InChI=1S/C35H41FO4/c1-35(2)16-5-4-9-32(35)30-18-24(12-14-29(30)31-21-27(39-3)13-15-33(31)36)22-40-28-8-6-7-25(19-28)26(20-34(37)38)17-23-10-11-23/h6-8,12-15,18-19,21,23,26,32H,4-5,9-11,16-17,20,22H2,1-3H3,(H,37,38)/t26-,32-/m1/s1. The molecular formula is C35H41FO4. The first-order valence-electron chi connectivity index (χ1n) is 14.6. The Morgan fingerprint density at radius 3 is 2.55 bits per heavy atom. The van der Waals surface area contributed by atoms with Crippen LogP contribution in [0.5, 0.6) is 11.5 Å². The zero-order valence-electron chi connectivity index (χ0n) is 23.9. The summed E-state index contributed by atoms with van der Waals surface area (Å²) >= 11 is 0. The SMILES string of the molecule is COc1ccc(F)c(-c2ccc(COc3cccc([C@@H](CC(=O)O)CC4CC4)c3)cc2[C@H]2CCCCC2(C)C)c1. The van der Waals surface area contributed by atoms with Gasteiger partial charge in [-0.05, 0) is 95.0 Å². The Labute approximate surface area is 237 Å². The van der Waals surface area contributed by atoms with Crippen LogP contribution in [0.4, 0.5) is 4.39 Å². The van der Waals surface area contributed by atoms with Gasteiger partial charge in [-0.15, -0.1) is 0 Å². The van der Waals surface area contributed by atoms with Gasteiger partial charge in [-0.25, -0.2) is 4.39 Å². The average molecular weight is 545 g/mol. The number of carboxylic acid groups (broad SMARTS) is 1. The molecule has 0 radical (unpaired) electrons. The van der Waals surface area contributed by atoms with Gasteiger partial charge in [-0.2, -0.15) is 0 Å². The highest BCUT2D eigenvalue weighted by Gasteiger charge is 2.35. The molecule has 2 aliphatic carbocycles. The number of carboxylic acids is 1. The number of carbonyl (C=O) groups is 1. The lowest BCUT2D eigenvalue weighted by Crippen LogP contribution is -2.26. The van der Waals surface area contributed by atoms with Gasteiger partial charge >= 0.3 is 5.97 Å². The highest BCUT2D eigenvalue weighted by atomic mass is 19.1. The Morgan fingerprint density at radius 1 is 1.00 bits per heavy atom. The van der Waals surface area contributed by atoms with E-state index in [1.165, 1.54) is 31.7 Å². The summed E-state index contributed by atoms with van der Waals surface area (Å²) in [5.74, 6) is 1.33. The van der Waals surface area contributed by atoms with Crippen molar-refractivity contribution in [3.05, 3.63) is 83.2 Å². The van der Waals surface area contributed by atoms with Crippen molar-refractivity contribution in [2.75, 3.05) is 7.11 Å². The molecule has 2 saturated carbocycles. The zero-order valence-corrected chi connectivity index (χ0v) is 23.9. The fourth-order valence-electron chi connectivity index (χ4n) is 6.47. The highest BCUT2D eigenvalue weighted by Crippen LogP contribution is 2.50. The van der Waals surface area contributed by atoms with Gasteiger partial charge in [-0.1, -0.05) is 69.9 Å². The molecule has 0 amide bonds. The molecule has 0 aliphatic heterocycles. The van der Waals surface area contributed by atoms with Gasteiger partial charge < -0.3 is 14.6 Å². The molecule has 0 aromatic heterocycles. The van der Waals surface area contributed by atoms with Crippen LogP contribution in [0.1, 0.15) is 93.7 Å². The summed E-state index contributed by atoms with van der Waals surface area (Å²) in [6, 6.07) is 19.1. The van der Waals surface area contributed by atoms with Crippen LogP contribution in [-0.4, -0.2) is 18.2 Å². The minimum Gasteiger partial charge on any atom is -0.497 e. The molecular weight excluding hydrogens is 503 g/mol. The monoisotopic (exact) mass is 544 g/mol. The normalized spacial score (nSPS) is 19.1. The predicted octanol–water partition coefficient (Wildman–Crippen LogP) is 9.12. The molecule has 4 nitrogen and oxygen atoms in total. The number of rotatable bonds is 11. The molecule has 5 heteroatoms. The number of halogens is 1. The van der Waals surface area contributed by atoms with Crippen molar-refractivity contribution in [1.82, 2.24) is 0 Å². The fraction of sp³-hybridized carbons (Fsp3) is 0.457. The Hall–Kier alpha value is -3.34. The van der Waals surface area contributed by atoms with E-state index < -0.39 is 5.97 Å². The summed E-state index contributed by atoms with van der Waals surface area (Å²) in [5, 5.41) is 9.46. The summed E-state index contributed by atoms with van der Waals surface area (Å²) < 4.78 is 26.8. The van der Waals surface area contributed by atoms with Crippen molar-refractivity contribution in [2.24, 2.45) is 11.3 Å². The minimum absolute atomic E-state index is 0.00530. The van der Waals surface area contributed by atoms with E-state index in [4.69, 9.17) is 9.47 Å². The summed E-state index contributed by atoms with van der Waals surface area (Å²) in [6.07, 6.45) is 8.05. The lowest BCUT2D eigenvalue weighted by Gasteiger charge is -2.40. The number of aliphatic carboxylic acids is 1. The third-order valence-electron chi connectivity index (χ3n) is 8.93. The number of methoxy groups -OCH3 is 1. The van der Waals surface area contributed by atoms with E-state index in [2.05, 4.69) is 19.9 Å². The van der Waals surface area contributed by atoms with Crippen molar-refractivity contribution in [3.63, 3.8) is 0 Å². The molecule has 1 N–H and O–H groups in total. The summed E-state index contributed by atoms with van der Waals surface area (Å²) in [4.78, 5) is 11.5. The van der Waals surface area contributed by atoms with E-state index in [1.54, 1.807) is 19.2 Å². The molecule has 3 aromatic carbocycles. The average Bonchev–Trinajstić information content (AvgIpc) is 3.76. The van der Waals surface area contributed by atoms with Gasteiger partial charge in [0.2, 0.25) is 0 Å². The van der Waals surface area contributed by atoms with Crippen LogP contribution in [0.15, 0.2) is 60.7 Å². The highest BCUT2D eigenvalue weighted by molar-refractivity contribution is 5.71. The number of benzene rings is 3. The van der Waals surface area contributed by atoms with Crippen LogP contribution >= 0.6 is 0 Å². The van der Waals surface area contributed by atoms with E-state index >= 15 is 4.39 Å². The Bertz CT molecular complexity index is 1340. The van der Waals surface area contributed by atoms with Gasteiger partial charge in [-0.3, -0.25) is 4.79 Å². The Kier molecular flexibility index (Phi) is 8.48. The number of hydrogen-bond acceptors (Lipinski definition) is 3. The molecule has 5 rings (SSSR count). The quantitative estimate of drug-likeness (QED) is 0.261. The number of hydrogen-bond donors (Lipinski definition) is 1. The maximum absolute atomic E-state index is 15.1.